The van der Waals surface area contributed by atoms with Crippen molar-refractivity contribution in [2.75, 3.05) is 0 Å². The Bertz CT molecular complexity index is 349. The van der Waals surface area contributed by atoms with Gasteiger partial charge in [-0.3, -0.25) is 0 Å². The normalized spacial score (nSPS) is 9.25. The summed E-state index contributed by atoms with van der Waals surface area (Å²) >= 11 is 0. The van der Waals surface area contributed by atoms with Gasteiger partial charge in [-0.25, -0.2) is 4.98 Å². The van der Waals surface area contributed by atoms with Crippen LogP contribution in [0.25, 0.3) is 5.52 Å². The summed E-state index contributed by atoms with van der Waals surface area (Å²) in [6.07, 6.45) is 3.84. The van der Waals surface area contributed by atoms with Gasteiger partial charge in [0, 0.05) is 17.9 Å². The van der Waals surface area contributed by atoms with Gasteiger partial charge in [-0.1, -0.05) is 13.8 Å². The van der Waals surface area contributed by atoms with Gasteiger partial charge in [-0.2, -0.15) is 0 Å². The summed E-state index contributed by atoms with van der Waals surface area (Å²) in [7, 11) is 0. The van der Waals surface area contributed by atoms with E-state index in [4.69, 9.17) is 0 Å². The molecule has 0 aliphatic carbocycles. The molecule has 0 amide bonds. The van der Waals surface area contributed by atoms with Crippen molar-refractivity contribution in [3.05, 3.63) is 36.4 Å². The molecule has 0 radical (unpaired) electrons. The van der Waals surface area contributed by atoms with Gasteiger partial charge in [0.2, 0.25) is 0 Å². The Morgan fingerprint density at radius 1 is 1.25 bits per heavy atom. The summed E-state index contributed by atoms with van der Waals surface area (Å²) in [6, 6.07) is 6.08. The predicted octanol–water partition coefficient (Wildman–Crippen LogP) is 2.67. The Hall–Kier alpha value is -1.31. The van der Waals surface area contributed by atoms with Crippen LogP contribution in [0, 0.1) is 6.92 Å². The number of fused-ring (bicyclic) bond motifs is 1. The zero-order valence-corrected chi connectivity index (χ0v) is 7.78. The summed E-state index contributed by atoms with van der Waals surface area (Å²) in [4.78, 5) is 4.14. The molecule has 12 heavy (non-hydrogen) atoms. The molecule has 2 aromatic heterocycles. The maximum atomic E-state index is 4.14. The lowest BCUT2D eigenvalue weighted by atomic mass is 10.5. The van der Waals surface area contributed by atoms with Gasteiger partial charge in [0.1, 0.15) is 5.82 Å². The van der Waals surface area contributed by atoms with Crippen molar-refractivity contribution in [3.63, 3.8) is 0 Å². The van der Waals surface area contributed by atoms with Gasteiger partial charge in [0.25, 0.3) is 0 Å². The van der Waals surface area contributed by atoms with Crippen LogP contribution in [0.15, 0.2) is 30.6 Å². The van der Waals surface area contributed by atoms with Crippen molar-refractivity contribution in [3.8, 4) is 0 Å². The molecule has 0 fully saturated rings. The smallest absolute Gasteiger partial charge is 0.109 e. The van der Waals surface area contributed by atoms with Gasteiger partial charge in [-0.05, 0) is 25.1 Å². The van der Waals surface area contributed by atoms with E-state index >= 15 is 0 Å². The highest BCUT2D eigenvalue weighted by atomic mass is 15.0. The van der Waals surface area contributed by atoms with Crippen molar-refractivity contribution in [1.82, 2.24) is 9.38 Å². The lowest BCUT2D eigenvalue weighted by Gasteiger charge is -1.96. The van der Waals surface area contributed by atoms with Crippen molar-refractivity contribution in [2.24, 2.45) is 0 Å². The molecule has 0 saturated carbocycles. The Balaban J connectivity index is 0.000000336. The molecule has 0 unspecified atom stereocenters. The molecule has 2 nitrogen and oxygen atoms in total. The Labute approximate surface area is 72.9 Å². The molecule has 0 aliphatic rings. The Morgan fingerprint density at radius 2 is 2.00 bits per heavy atom. The fourth-order valence-electron chi connectivity index (χ4n) is 1.11. The molecule has 0 spiro atoms. The second-order valence-corrected chi connectivity index (χ2v) is 2.30. The third kappa shape index (κ3) is 1.47. The molecule has 0 N–H and O–H groups in total. The summed E-state index contributed by atoms with van der Waals surface area (Å²) in [5, 5.41) is 0. The minimum atomic E-state index is 1.03. The number of hydrogen-bond acceptors (Lipinski definition) is 1. The first kappa shape index (κ1) is 8.78. The second kappa shape index (κ2) is 3.90. The van der Waals surface area contributed by atoms with Crippen molar-refractivity contribution >= 4 is 5.52 Å². The molecule has 0 bridgehead atoms. The van der Waals surface area contributed by atoms with Crippen LogP contribution in [0.1, 0.15) is 19.7 Å². The molecule has 0 aliphatic heterocycles. The van der Waals surface area contributed by atoms with Gasteiger partial charge in [0.15, 0.2) is 0 Å². The van der Waals surface area contributed by atoms with E-state index < -0.39 is 0 Å². The molecule has 64 valence electrons. The molecule has 2 heterocycles. The monoisotopic (exact) mass is 162 g/mol. The molecule has 2 heteroatoms. The van der Waals surface area contributed by atoms with Crippen LogP contribution >= 0.6 is 0 Å². The number of nitrogens with zero attached hydrogens (tertiary/aromatic N) is 2. The maximum absolute atomic E-state index is 4.14. The Morgan fingerprint density at radius 3 is 2.67 bits per heavy atom. The summed E-state index contributed by atoms with van der Waals surface area (Å²) in [6.45, 7) is 5.99. The first-order chi connectivity index (χ1) is 5.88. The highest BCUT2D eigenvalue weighted by Gasteiger charge is 1.91. The molecular weight excluding hydrogens is 148 g/mol. The maximum Gasteiger partial charge on any atom is 0.109 e. The summed E-state index contributed by atoms with van der Waals surface area (Å²) < 4.78 is 2.06. The molecule has 0 atom stereocenters. The van der Waals surface area contributed by atoms with Gasteiger partial charge in [-0.15, -0.1) is 0 Å². The van der Waals surface area contributed by atoms with Crippen LogP contribution in [0.5, 0.6) is 0 Å². The SMILES string of the molecule is CC.Cc1nccc2cccn12. The first-order valence-corrected chi connectivity index (χ1v) is 4.26. The fourth-order valence-corrected chi connectivity index (χ4v) is 1.11. The summed E-state index contributed by atoms with van der Waals surface area (Å²) in [5.74, 6) is 1.03. The molecule has 0 aromatic carbocycles. The molecule has 2 rings (SSSR count). The largest absolute Gasteiger partial charge is 0.306 e. The third-order valence-corrected chi connectivity index (χ3v) is 1.64. The average Bonchev–Trinajstić information content (AvgIpc) is 2.57. The lowest BCUT2D eigenvalue weighted by Crippen LogP contribution is -1.90. The fraction of sp³-hybridized carbons (Fsp3) is 0.300. The number of aryl methyl sites for hydroxylation is 1. The first-order valence-electron chi connectivity index (χ1n) is 4.26. The van der Waals surface area contributed by atoms with Crippen molar-refractivity contribution in [2.45, 2.75) is 20.8 Å². The zero-order valence-electron chi connectivity index (χ0n) is 7.78. The van der Waals surface area contributed by atoms with E-state index in [1.54, 1.807) is 0 Å². The molecule has 2 aromatic rings. The van der Waals surface area contributed by atoms with E-state index in [2.05, 4.69) is 15.5 Å². The van der Waals surface area contributed by atoms with Crippen molar-refractivity contribution in [1.29, 1.82) is 0 Å². The van der Waals surface area contributed by atoms with Crippen molar-refractivity contribution < 1.29 is 0 Å². The standard InChI is InChI=1S/C8H8N2.C2H6/c1-7-9-5-4-8-3-2-6-10(7)8;1-2/h2-6H,1H3;1-2H3. The topological polar surface area (TPSA) is 17.3 Å². The van der Waals surface area contributed by atoms with E-state index in [9.17, 15) is 0 Å². The van der Waals surface area contributed by atoms with Gasteiger partial charge in [0.05, 0.1) is 0 Å². The van der Waals surface area contributed by atoms with Gasteiger partial charge < -0.3 is 4.40 Å². The quantitative estimate of drug-likeness (QED) is 0.582. The van der Waals surface area contributed by atoms with E-state index in [0.29, 0.717) is 0 Å². The van der Waals surface area contributed by atoms with E-state index in [1.165, 1.54) is 5.52 Å². The third-order valence-electron chi connectivity index (χ3n) is 1.64. The van der Waals surface area contributed by atoms with Crippen LogP contribution in [0.3, 0.4) is 0 Å². The van der Waals surface area contributed by atoms with Gasteiger partial charge >= 0.3 is 0 Å². The lowest BCUT2D eigenvalue weighted by molar-refractivity contribution is 0.994. The minimum absolute atomic E-state index is 1.03. The van der Waals surface area contributed by atoms with Crippen LogP contribution in [-0.2, 0) is 0 Å². The molecular formula is C10H14N2. The van der Waals surface area contributed by atoms with E-state index in [-0.39, 0.29) is 0 Å². The van der Waals surface area contributed by atoms with E-state index in [0.717, 1.165) is 5.82 Å². The highest BCUT2D eigenvalue weighted by Crippen LogP contribution is 2.03. The number of aromatic nitrogens is 2. The minimum Gasteiger partial charge on any atom is -0.306 e. The zero-order chi connectivity index (χ0) is 8.97. The highest BCUT2D eigenvalue weighted by molar-refractivity contribution is 5.46. The number of rotatable bonds is 0. The van der Waals surface area contributed by atoms with E-state index in [1.807, 2.05) is 45.3 Å². The molecule has 0 saturated heterocycles. The predicted molar refractivity (Wildman–Crippen MR) is 51.3 cm³/mol. The average molecular weight is 162 g/mol. The number of hydrogen-bond donors (Lipinski definition) is 0. The van der Waals surface area contributed by atoms with Crippen LogP contribution in [-0.4, -0.2) is 9.38 Å². The van der Waals surface area contributed by atoms with Crippen LogP contribution in [0.4, 0.5) is 0 Å². The summed E-state index contributed by atoms with van der Waals surface area (Å²) in [5.41, 5.74) is 1.20. The second-order valence-electron chi connectivity index (χ2n) is 2.30. The van der Waals surface area contributed by atoms with Crippen LogP contribution < -0.4 is 0 Å². The Kier molecular flexibility index (Phi) is 2.86. The van der Waals surface area contributed by atoms with Crippen LogP contribution in [0.2, 0.25) is 0 Å².